The van der Waals surface area contributed by atoms with Crippen molar-refractivity contribution >= 4 is 22.4 Å². The highest BCUT2D eigenvalue weighted by molar-refractivity contribution is 7.89. The van der Waals surface area contributed by atoms with Gasteiger partial charge in [-0.3, -0.25) is 0 Å². The smallest absolute Gasteiger partial charge is 0.214 e. The van der Waals surface area contributed by atoms with Crippen molar-refractivity contribution in [2.45, 2.75) is 19.3 Å². The third-order valence-corrected chi connectivity index (χ3v) is 5.80. The Hall–Kier alpha value is -0.620. The van der Waals surface area contributed by atoms with Gasteiger partial charge in [0.05, 0.1) is 5.75 Å². The largest absolute Gasteiger partial charge is 0.330 e. The van der Waals surface area contributed by atoms with E-state index < -0.39 is 10.0 Å². The maximum atomic E-state index is 12.2. The van der Waals surface area contributed by atoms with Gasteiger partial charge in [-0.1, -0.05) is 37.3 Å². The van der Waals surface area contributed by atoms with Crippen LogP contribution >= 0.6 is 12.4 Å². The van der Waals surface area contributed by atoms with E-state index in [0.29, 0.717) is 26.1 Å². The van der Waals surface area contributed by atoms with Crippen LogP contribution in [-0.4, -0.2) is 38.1 Å². The third-order valence-electron chi connectivity index (χ3n) is 3.79. The van der Waals surface area contributed by atoms with Gasteiger partial charge >= 0.3 is 0 Å². The first-order chi connectivity index (χ1) is 9.08. The summed E-state index contributed by atoms with van der Waals surface area (Å²) in [6, 6.07) is 10.1. The van der Waals surface area contributed by atoms with E-state index in [1.165, 1.54) is 5.56 Å². The predicted molar refractivity (Wildman–Crippen MR) is 84.6 cm³/mol. The molecule has 1 aromatic carbocycles. The molecule has 0 bridgehead atoms. The summed E-state index contributed by atoms with van der Waals surface area (Å²) >= 11 is 0. The van der Waals surface area contributed by atoms with Crippen LogP contribution in [0.15, 0.2) is 30.3 Å². The van der Waals surface area contributed by atoms with Gasteiger partial charge in [0, 0.05) is 19.0 Å². The van der Waals surface area contributed by atoms with Crippen LogP contribution in [-0.2, 0) is 10.0 Å². The summed E-state index contributed by atoms with van der Waals surface area (Å²) in [5, 5.41) is 0. The van der Waals surface area contributed by atoms with Gasteiger partial charge in [0.15, 0.2) is 0 Å². The van der Waals surface area contributed by atoms with E-state index in [1.54, 1.807) is 4.31 Å². The van der Waals surface area contributed by atoms with Crippen LogP contribution in [0.1, 0.15) is 24.8 Å². The van der Waals surface area contributed by atoms with E-state index in [-0.39, 0.29) is 30.0 Å². The summed E-state index contributed by atoms with van der Waals surface area (Å²) in [6.45, 7) is 3.53. The van der Waals surface area contributed by atoms with Crippen LogP contribution in [0, 0.1) is 5.92 Å². The fourth-order valence-corrected chi connectivity index (χ4v) is 4.34. The molecule has 1 saturated heterocycles. The van der Waals surface area contributed by atoms with Crippen molar-refractivity contribution in [3.05, 3.63) is 35.9 Å². The second-order valence-electron chi connectivity index (χ2n) is 5.15. The first kappa shape index (κ1) is 17.4. The Kier molecular flexibility index (Phi) is 6.45. The molecule has 1 heterocycles. The van der Waals surface area contributed by atoms with Crippen LogP contribution in [0.2, 0.25) is 0 Å². The Morgan fingerprint density at radius 3 is 2.45 bits per heavy atom. The third kappa shape index (κ3) is 3.73. The molecule has 1 aliphatic heterocycles. The Morgan fingerprint density at radius 2 is 1.90 bits per heavy atom. The highest BCUT2D eigenvalue weighted by Gasteiger charge is 2.38. The van der Waals surface area contributed by atoms with Crippen molar-refractivity contribution in [2.24, 2.45) is 11.7 Å². The van der Waals surface area contributed by atoms with Crippen LogP contribution in [0.5, 0.6) is 0 Å². The molecule has 2 rings (SSSR count). The van der Waals surface area contributed by atoms with Crippen molar-refractivity contribution in [3.8, 4) is 0 Å². The van der Waals surface area contributed by atoms with E-state index in [9.17, 15) is 8.42 Å². The van der Waals surface area contributed by atoms with Crippen molar-refractivity contribution < 1.29 is 8.42 Å². The average Bonchev–Trinajstić information content (AvgIpc) is 2.84. The zero-order valence-electron chi connectivity index (χ0n) is 11.7. The lowest BCUT2D eigenvalue weighted by molar-refractivity contribution is 0.458. The standard InChI is InChI=1S/C14H22N2O2S.ClH/c1-2-8-19(17,18)16-10-13(9-15)14(11-16)12-6-4-3-5-7-12;/h3-7,13-14H,2,8-11,15H2,1H3;1H/t13-,14+;/m1./s1. The highest BCUT2D eigenvalue weighted by atomic mass is 35.5. The predicted octanol–water partition coefficient (Wildman–Crippen LogP) is 1.82. The number of nitrogens with zero attached hydrogens (tertiary/aromatic N) is 1. The van der Waals surface area contributed by atoms with Gasteiger partial charge in [0.1, 0.15) is 0 Å². The van der Waals surface area contributed by atoms with Gasteiger partial charge in [0.25, 0.3) is 0 Å². The molecule has 0 amide bonds. The fraction of sp³-hybridized carbons (Fsp3) is 0.571. The second kappa shape index (κ2) is 7.41. The van der Waals surface area contributed by atoms with Crippen LogP contribution < -0.4 is 5.73 Å². The van der Waals surface area contributed by atoms with Crippen LogP contribution in [0.3, 0.4) is 0 Å². The maximum absolute atomic E-state index is 12.2. The van der Waals surface area contributed by atoms with Crippen LogP contribution in [0.4, 0.5) is 0 Å². The molecule has 0 spiro atoms. The molecule has 1 fully saturated rings. The summed E-state index contributed by atoms with van der Waals surface area (Å²) in [5.41, 5.74) is 7.01. The molecule has 114 valence electrons. The Balaban J connectivity index is 0.00000200. The Morgan fingerprint density at radius 1 is 1.25 bits per heavy atom. The molecule has 0 aromatic heterocycles. The Labute approximate surface area is 127 Å². The minimum absolute atomic E-state index is 0. The number of benzene rings is 1. The summed E-state index contributed by atoms with van der Waals surface area (Å²) < 4.78 is 25.9. The van der Waals surface area contributed by atoms with Crippen molar-refractivity contribution in [1.82, 2.24) is 4.31 Å². The molecule has 2 atom stereocenters. The van der Waals surface area contributed by atoms with Gasteiger partial charge in [-0.2, -0.15) is 0 Å². The lowest BCUT2D eigenvalue weighted by Gasteiger charge is -2.16. The number of sulfonamides is 1. The Bertz CT molecular complexity index is 507. The van der Waals surface area contributed by atoms with Gasteiger partial charge in [-0.25, -0.2) is 12.7 Å². The highest BCUT2D eigenvalue weighted by Crippen LogP contribution is 2.33. The molecule has 0 unspecified atom stereocenters. The molecule has 1 aliphatic rings. The van der Waals surface area contributed by atoms with Crippen molar-refractivity contribution in [1.29, 1.82) is 0 Å². The first-order valence-corrected chi connectivity index (χ1v) is 8.42. The molecular weight excluding hydrogens is 296 g/mol. The van der Waals surface area contributed by atoms with E-state index >= 15 is 0 Å². The van der Waals surface area contributed by atoms with Gasteiger partial charge < -0.3 is 5.73 Å². The molecule has 0 saturated carbocycles. The maximum Gasteiger partial charge on any atom is 0.214 e. The number of hydrogen-bond acceptors (Lipinski definition) is 3. The second-order valence-corrected chi connectivity index (χ2v) is 7.23. The SMILES string of the molecule is CCCS(=O)(=O)N1C[C@@H](CN)[C@H](c2ccccc2)C1.Cl. The summed E-state index contributed by atoms with van der Waals surface area (Å²) in [4.78, 5) is 0. The van der Waals surface area contributed by atoms with Crippen molar-refractivity contribution in [3.63, 3.8) is 0 Å². The molecule has 2 N–H and O–H groups in total. The number of nitrogens with two attached hydrogens (primary N) is 1. The first-order valence-electron chi connectivity index (χ1n) is 6.81. The van der Waals surface area contributed by atoms with Gasteiger partial charge in [-0.15, -0.1) is 12.4 Å². The fourth-order valence-electron chi connectivity index (χ4n) is 2.76. The van der Waals surface area contributed by atoms with E-state index in [4.69, 9.17) is 5.73 Å². The molecule has 1 aromatic rings. The molecule has 4 nitrogen and oxygen atoms in total. The molecule has 0 aliphatic carbocycles. The summed E-state index contributed by atoms with van der Waals surface area (Å²) in [5.74, 6) is 0.665. The van der Waals surface area contributed by atoms with Gasteiger partial charge in [-0.05, 0) is 24.4 Å². The lowest BCUT2D eigenvalue weighted by Crippen LogP contribution is -2.31. The summed E-state index contributed by atoms with van der Waals surface area (Å²) in [7, 11) is -3.12. The number of rotatable bonds is 5. The number of halogens is 1. The topological polar surface area (TPSA) is 63.4 Å². The average molecular weight is 319 g/mol. The minimum Gasteiger partial charge on any atom is -0.330 e. The van der Waals surface area contributed by atoms with Gasteiger partial charge in [0.2, 0.25) is 10.0 Å². The van der Waals surface area contributed by atoms with E-state index in [1.807, 2.05) is 25.1 Å². The van der Waals surface area contributed by atoms with Crippen molar-refractivity contribution in [2.75, 3.05) is 25.4 Å². The molecule has 0 radical (unpaired) electrons. The zero-order valence-corrected chi connectivity index (χ0v) is 13.4. The number of hydrogen-bond donors (Lipinski definition) is 1. The van der Waals surface area contributed by atoms with E-state index in [0.717, 1.165) is 0 Å². The summed E-state index contributed by atoms with van der Waals surface area (Å²) in [6.07, 6.45) is 0.655. The monoisotopic (exact) mass is 318 g/mol. The lowest BCUT2D eigenvalue weighted by atomic mass is 9.89. The minimum atomic E-state index is -3.12. The normalized spacial score (nSPS) is 23.5. The molecular formula is C14H23ClN2O2S. The van der Waals surface area contributed by atoms with E-state index in [2.05, 4.69) is 12.1 Å². The molecule has 6 heteroatoms. The molecule has 20 heavy (non-hydrogen) atoms. The quantitative estimate of drug-likeness (QED) is 0.900. The zero-order chi connectivity index (χ0) is 13.9. The van der Waals surface area contributed by atoms with Crippen LogP contribution in [0.25, 0.3) is 0 Å².